The van der Waals surface area contributed by atoms with E-state index in [0.29, 0.717) is 5.92 Å². The molecule has 1 fully saturated rings. The highest BCUT2D eigenvalue weighted by Gasteiger charge is 2.25. The highest BCUT2D eigenvalue weighted by molar-refractivity contribution is 7.10. The summed E-state index contributed by atoms with van der Waals surface area (Å²) in [5, 5.41) is 13.7. The molecular weight excluding hydrogens is 260 g/mol. The monoisotopic (exact) mass is 272 g/mol. The van der Waals surface area contributed by atoms with E-state index in [1.807, 2.05) is 18.2 Å². The van der Waals surface area contributed by atoms with Crippen LogP contribution >= 0.6 is 11.3 Å². The van der Waals surface area contributed by atoms with Crippen molar-refractivity contribution in [2.75, 3.05) is 0 Å². The largest absolute Gasteiger partial charge is 0.270 e. The molecule has 0 unspecified atom stereocenters. The number of thiazole rings is 1. The fraction of sp³-hybridized carbons (Fsp3) is 0.214. The normalized spacial score (nSPS) is 14.9. The van der Waals surface area contributed by atoms with Crippen LogP contribution < -0.4 is 0 Å². The number of nitro benzene ring substituents is 1. The SMILES string of the molecule is O=[N+]([O-])c1cccc(C=Cc2nc(C3CC3)cs2)c1. The lowest BCUT2D eigenvalue weighted by Crippen LogP contribution is -1.87. The second kappa shape index (κ2) is 4.93. The Hall–Kier alpha value is -2.01. The van der Waals surface area contributed by atoms with Gasteiger partial charge >= 0.3 is 0 Å². The van der Waals surface area contributed by atoms with Gasteiger partial charge in [0.05, 0.1) is 10.6 Å². The Balaban J connectivity index is 1.77. The standard InChI is InChI=1S/C14H12N2O2S/c17-16(18)12-3-1-2-10(8-12)4-7-14-15-13(9-19-14)11-5-6-11/h1-4,7-9,11H,5-6H2. The lowest BCUT2D eigenvalue weighted by Gasteiger charge is -1.93. The van der Waals surface area contributed by atoms with Gasteiger partial charge in [0.25, 0.3) is 5.69 Å². The number of nitro groups is 1. The molecule has 0 amide bonds. The van der Waals surface area contributed by atoms with Crippen LogP contribution in [0.1, 0.15) is 35.0 Å². The maximum atomic E-state index is 10.7. The lowest BCUT2D eigenvalue weighted by atomic mass is 10.2. The summed E-state index contributed by atoms with van der Waals surface area (Å²) < 4.78 is 0. The molecule has 0 N–H and O–H groups in total. The fourth-order valence-corrected chi connectivity index (χ4v) is 2.64. The predicted octanol–water partition coefficient (Wildman–Crippen LogP) is 4.10. The predicted molar refractivity (Wildman–Crippen MR) is 76.1 cm³/mol. The van der Waals surface area contributed by atoms with Gasteiger partial charge in [-0.25, -0.2) is 4.98 Å². The first-order valence-electron chi connectivity index (χ1n) is 6.10. The van der Waals surface area contributed by atoms with E-state index in [2.05, 4.69) is 10.4 Å². The van der Waals surface area contributed by atoms with Gasteiger partial charge in [0.1, 0.15) is 5.01 Å². The van der Waals surface area contributed by atoms with E-state index in [9.17, 15) is 10.1 Å². The first-order chi connectivity index (χ1) is 9.22. The van der Waals surface area contributed by atoms with Gasteiger partial charge in [-0.2, -0.15) is 0 Å². The van der Waals surface area contributed by atoms with Crippen LogP contribution in [0, 0.1) is 10.1 Å². The molecule has 0 spiro atoms. The summed E-state index contributed by atoms with van der Waals surface area (Å²) in [6.45, 7) is 0. The fourth-order valence-electron chi connectivity index (χ4n) is 1.85. The Morgan fingerprint density at radius 1 is 1.37 bits per heavy atom. The minimum atomic E-state index is -0.383. The second-order valence-electron chi connectivity index (χ2n) is 4.57. The van der Waals surface area contributed by atoms with E-state index >= 15 is 0 Å². The van der Waals surface area contributed by atoms with Crippen LogP contribution in [0.4, 0.5) is 5.69 Å². The molecule has 1 heterocycles. The third-order valence-electron chi connectivity index (χ3n) is 3.03. The Labute approximate surface area is 114 Å². The molecule has 1 aromatic carbocycles. The van der Waals surface area contributed by atoms with Crippen LogP contribution in [0.5, 0.6) is 0 Å². The molecule has 2 aromatic rings. The van der Waals surface area contributed by atoms with E-state index in [4.69, 9.17) is 0 Å². The number of benzene rings is 1. The smallest absolute Gasteiger partial charge is 0.258 e. The molecule has 0 atom stereocenters. The molecule has 1 aliphatic rings. The van der Waals surface area contributed by atoms with Gasteiger partial charge in [0, 0.05) is 23.4 Å². The van der Waals surface area contributed by atoms with Crippen molar-refractivity contribution in [3.8, 4) is 0 Å². The number of rotatable bonds is 4. The van der Waals surface area contributed by atoms with Crippen LogP contribution in [0.25, 0.3) is 12.2 Å². The average Bonchev–Trinajstić information content (AvgIpc) is 3.16. The summed E-state index contributed by atoms with van der Waals surface area (Å²) in [7, 11) is 0. The van der Waals surface area contributed by atoms with Crippen molar-refractivity contribution in [3.05, 3.63) is 56.0 Å². The van der Waals surface area contributed by atoms with Crippen molar-refractivity contribution < 1.29 is 4.92 Å². The van der Waals surface area contributed by atoms with Crippen molar-refractivity contribution in [2.24, 2.45) is 0 Å². The highest BCUT2D eigenvalue weighted by Crippen LogP contribution is 2.40. The maximum absolute atomic E-state index is 10.7. The molecule has 19 heavy (non-hydrogen) atoms. The van der Waals surface area contributed by atoms with Crippen LogP contribution in [-0.2, 0) is 0 Å². The first kappa shape index (κ1) is 12.0. The summed E-state index contributed by atoms with van der Waals surface area (Å²) >= 11 is 1.62. The molecular formula is C14H12N2O2S. The summed E-state index contributed by atoms with van der Waals surface area (Å²) in [5.74, 6) is 0.663. The van der Waals surface area contributed by atoms with Crippen LogP contribution in [-0.4, -0.2) is 9.91 Å². The topological polar surface area (TPSA) is 56.0 Å². The van der Waals surface area contributed by atoms with E-state index in [-0.39, 0.29) is 10.6 Å². The number of nitrogens with zero attached hydrogens (tertiary/aromatic N) is 2. The van der Waals surface area contributed by atoms with Crippen molar-refractivity contribution >= 4 is 29.2 Å². The third kappa shape index (κ3) is 2.88. The van der Waals surface area contributed by atoms with Crippen molar-refractivity contribution in [2.45, 2.75) is 18.8 Å². The molecule has 5 heteroatoms. The lowest BCUT2D eigenvalue weighted by molar-refractivity contribution is -0.384. The van der Waals surface area contributed by atoms with Gasteiger partial charge in [0.15, 0.2) is 0 Å². The van der Waals surface area contributed by atoms with Gasteiger partial charge < -0.3 is 0 Å². The summed E-state index contributed by atoms with van der Waals surface area (Å²) in [4.78, 5) is 14.8. The highest BCUT2D eigenvalue weighted by atomic mass is 32.1. The summed E-state index contributed by atoms with van der Waals surface area (Å²) in [6, 6.07) is 6.59. The first-order valence-corrected chi connectivity index (χ1v) is 6.98. The summed E-state index contributed by atoms with van der Waals surface area (Å²) in [6.07, 6.45) is 6.27. The Morgan fingerprint density at radius 3 is 2.95 bits per heavy atom. The molecule has 0 bridgehead atoms. The van der Waals surface area contributed by atoms with Crippen LogP contribution in [0.3, 0.4) is 0 Å². The number of non-ortho nitro benzene ring substituents is 1. The van der Waals surface area contributed by atoms with Gasteiger partial charge in [-0.05, 0) is 24.5 Å². The average molecular weight is 272 g/mol. The molecule has 96 valence electrons. The van der Waals surface area contributed by atoms with Gasteiger partial charge in [0.2, 0.25) is 0 Å². The van der Waals surface area contributed by atoms with Crippen molar-refractivity contribution in [3.63, 3.8) is 0 Å². The Kier molecular flexibility index (Phi) is 3.13. The van der Waals surface area contributed by atoms with E-state index in [1.54, 1.807) is 23.5 Å². The van der Waals surface area contributed by atoms with Crippen molar-refractivity contribution in [1.82, 2.24) is 4.98 Å². The minimum Gasteiger partial charge on any atom is -0.258 e. The van der Waals surface area contributed by atoms with Gasteiger partial charge in [-0.3, -0.25) is 10.1 Å². The van der Waals surface area contributed by atoms with Crippen molar-refractivity contribution in [1.29, 1.82) is 0 Å². The molecule has 1 aromatic heterocycles. The Bertz CT molecular complexity index is 644. The van der Waals surface area contributed by atoms with Gasteiger partial charge in [-0.1, -0.05) is 18.2 Å². The third-order valence-corrected chi connectivity index (χ3v) is 3.86. The van der Waals surface area contributed by atoms with E-state index < -0.39 is 0 Å². The molecule has 0 aliphatic heterocycles. The Morgan fingerprint density at radius 2 is 2.21 bits per heavy atom. The number of aromatic nitrogens is 1. The zero-order valence-electron chi connectivity index (χ0n) is 10.2. The zero-order valence-corrected chi connectivity index (χ0v) is 11.0. The second-order valence-corrected chi connectivity index (χ2v) is 5.46. The molecule has 3 rings (SSSR count). The van der Waals surface area contributed by atoms with Crippen LogP contribution in [0.15, 0.2) is 29.6 Å². The number of hydrogen-bond donors (Lipinski definition) is 0. The molecule has 1 saturated carbocycles. The quantitative estimate of drug-likeness (QED) is 0.622. The molecule has 0 radical (unpaired) electrons. The zero-order chi connectivity index (χ0) is 13.2. The maximum Gasteiger partial charge on any atom is 0.270 e. The molecule has 1 aliphatic carbocycles. The van der Waals surface area contributed by atoms with E-state index in [0.717, 1.165) is 10.6 Å². The van der Waals surface area contributed by atoms with E-state index in [1.165, 1.54) is 24.6 Å². The van der Waals surface area contributed by atoms with Crippen LogP contribution in [0.2, 0.25) is 0 Å². The van der Waals surface area contributed by atoms with Gasteiger partial charge in [-0.15, -0.1) is 11.3 Å². The molecule has 4 nitrogen and oxygen atoms in total. The number of hydrogen-bond acceptors (Lipinski definition) is 4. The summed E-state index contributed by atoms with van der Waals surface area (Å²) in [5.41, 5.74) is 2.11. The molecule has 0 saturated heterocycles. The minimum absolute atomic E-state index is 0.111.